The van der Waals surface area contributed by atoms with E-state index in [9.17, 15) is 13.6 Å². The first-order chi connectivity index (χ1) is 12.0. The van der Waals surface area contributed by atoms with Crippen LogP contribution in [0.2, 0.25) is 0 Å². The first-order valence-electron chi connectivity index (χ1n) is 8.34. The maximum Gasteiger partial charge on any atom is 0.282 e. The Balaban J connectivity index is 1.80. The zero-order valence-corrected chi connectivity index (χ0v) is 14.1. The van der Waals surface area contributed by atoms with Crippen molar-refractivity contribution in [3.8, 4) is 0 Å². The van der Waals surface area contributed by atoms with Crippen molar-refractivity contribution >= 4 is 11.6 Å². The predicted octanol–water partition coefficient (Wildman–Crippen LogP) is 4.29. The summed E-state index contributed by atoms with van der Waals surface area (Å²) in [4.78, 5) is 12.5. The van der Waals surface area contributed by atoms with Crippen LogP contribution in [-0.4, -0.2) is 15.7 Å². The highest BCUT2D eigenvalue weighted by molar-refractivity contribution is 6.05. The number of hydrogen-bond donors (Lipinski definition) is 1. The van der Waals surface area contributed by atoms with Gasteiger partial charge in [0.05, 0.1) is 5.56 Å². The highest BCUT2D eigenvalue weighted by Crippen LogP contribution is 2.35. The minimum absolute atomic E-state index is 0.0868. The van der Waals surface area contributed by atoms with E-state index in [1.54, 1.807) is 0 Å². The molecule has 1 unspecified atom stereocenters. The van der Waals surface area contributed by atoms with Crippen LogP contribution in [0.1, 0.15) is 46.4 Å². The van der Waals surface area contributed by atoms with E-state index in [1.165, 1.54) is 23.5 Å². The molecular weight excluding hydrogens is 324 g/mol. The molecule has 0 fully saturated rings. The molecule has 0 spiro atoms. The second-order valence-electron chi connectivity index (χ2n) is 6.44. The van der Waals surface area contributed by atoms with Gasteiger partial charge >= 0.3 is 0 Å². The SMILES string of the molecule is C=CCCC1Cc2cccc(NC(=O)c3cn(C)nc3C(F)F)c2C1. The van der Waals surface area contributed by atoms with Gasteiger partial charge in [-0.15, -0.1) is 6.58 Å². The molecule has 1 aromatic heterocycles. The average Bonchev–Trinajstić information content (AvgIpc) is 3.16. The van der Waals surface area contributed by atoms with E-state index in [2.05, 4.69) is 23.1 Å². The minimum Gasteiger partial charge on any atom is -0.322 e. The standard InChI is InChI=1S/C19H21F2N3O/c1-3-4-6-12-9-13-7-5-8-16(14(13)10-12)22-19(25)15-11-24(2)23-17(15)18(20)21/h3,5,7-8,11-12,18H,1,4,6,9-10H2,2H3,(H,22,25). The topological polar surface area (TPSA) is 46.9 Å². The van der Waals surface area contributed by atoms with Gasteiger partial charge in [0.15, 0.2) is 0 Å². The number of rotatable bonds is 6. The summed E-state index contributed by atoms with van der Waals surface area (Å²) in [5, 5.41) is 6.49. The number of fused-ring (bicyclic) bond motifs is 1. The Hall–Kier alpha value is -2.50. The average molecular weight is 345 g/mol. The predicted molar refractivity (Wildman–Crippen MR) is 92.9 cm³/mol. The Morgan fingerprint density at radius 3 is 3.00 bits per heavy atom. The van der Waals surface area contributed by atoms with Crippen LogP contribution in [-0.2, 0) is 19.9 Å². The van der Waals surface area contributed by atoms with E-state index in [0.717, 1.165) is 31.2 Å². The summed E-state index contributed by atoms with van der Waals surface area (Å²) in [5.74, 6) is -0.0209. The van der Waals surface area contributed by atoms with Gasteiger partial charge < -0.3 is 5.32 Å². The number of halogens is 2. The molecule has 0 saturated heterocycles. The van der Waals surface area contributed by atoms with Crippen LogP contribution < -0.4 is 5.32 Å². The number of nitrogens with zero attached hydrogens (tertiary/aromatic N) is 2. The van der Waals surface area contributed by atoms with Crippen LogP contribution in [0.15, 0.2) is 37.1 Å². The Bertz CT molecular complexity index is 798. The third kappa shape index (κ3) is 3.62. The maximum atomic E-state index is 13.1. The molecule has 3 rings (SSSR count). The normalized spacial score (nSPS) is 16.1. The van der Waals surface area contributed by atoms with Crippen LogP contribution in [0.25, 0.3) is 0 Å². The zero-order valence-electron chi connectivity index (χ0n) is 14.1. The largest absolute Gasteiger partial charge is 0.322 e. The lowest BCUT2D eigenvalue weighted by molar-refractivity contribution is 0.101. The van der Waals surface area contributed by atoms with Gasteiger partial charge in [-0.05, 0) is 48.8 Å². The number of allylic oxidation sites excluding steroid dienone is 1. The smallest absolute Gasteiger partial charge is 0.282 e. The summed E-state index contributed by atoms with van der Waals surface area (Å²) in [7, 11) is 1.52. The minimum atomic E-state index is -2.79. The number of anilines is 1. The van der Waals surface area contributed by atoms with Gasteiger partial charge in [0.25, 0.3) is 12.3 Å². The molecule has 2 aromatic rings. The molecule has 132 valence electrons. The van der Waals surface area contributed by atoms with Gasteiger partial charge in [-0.2, -0.15) is 5.10 Å². The lowest BCUT2D eigenvalue weighted by Crippen LogP contribution is -2.15. The molecular formula is C19H21F2N3O. The van der Waals surface area contributed by atoms with Gasteiger partial charge in [-0.3, -0.25) is 9.48 Å². The fourth-order valence-corrected chi connectivity index (χ4v) is 3.45. The van der Waals surface area contributed by atoms with Gasteiger partial charge in [-0.25, -0.2) is 8.78 Å². The molecule has 1 heterocycles. The number of aryl methyl sites for hydroxylation is 1. The molecule has 1 aromatic carbocycles. The highest BCUT2D eigenvalue weighted by atomic mass is 19.3. The number of alkyl halides is 2. The molecule has 1 amide bonds. The quantitative estimate of drug-likeness (QED) is 0.794. The van der Waals surface area contributed by atoms with Gasteiger partial charge in [0, 0.05) is 18.9 Å². The molecule has 4 nitrogen and oxygen atoms in total. The summed E-state index contributed by atoms with van der Waals surface area (Å²) < 4.78 is 27.4. The maximum absolute atomic E-state index is 13.1. The first kappa shape index (κ1) is 17.3. The number of carbonyl (C=O) groups excluding carboxylic acids is 1. The Labute approximate surface area is 145 Å². The number of amides is 1. The van der Waals surface area contributed by atoms with Crippen LogP contribution in [0.5, 0.6) is 0 Å². The third-order valence-corrected chi connectivity index (χ3v) is 4.61. The van der Waals surface area contributed by atoms with Crippen molar-refractivity contribution in [2.45, 2.75) is 32.1 Å². The number of hydrogen-bond acceptors (Lipinski definition) is 2. The van der Waals surface area contributed by atoms with Crippen molar-refractivity contribution in [3.63, 3.8) is 0 Å². The van der Waals surface area contributed by atoms with Crippen molar-refractivity contribution in [2.24, 2.45) is 13.0 Å². The van der Waals surface area contributed by atoms with E-state index in [-0.39, 0.29) is 5.56 Å². The highest BCUT2D eigenvalue weighted by Gasteiger charge is 2.26. The van der Waals surface area contributed by atoms with Crippen LogP contribution in [0, 0.1) is 5.92 Å². The summed E-state index contributed by atoms with van der Waals surface area (Å²) >= 11 is 0. The van der Waals surface area contributed by atoms with Crippen LogP contribution >= 0.6 is 0 Å². The molecule has 1 atom stereocenters. The molecule has 25 heavy (non-hydrogen) atoms. The van der Waals surface area contributed by atoms with Gasteiger partial charge in [0.2, 0.25) is 0 Å². The van der Waals surface area contributed by atoms with E-state index < -0.39 is 18.0 Å². The second-order valence-corrected chi connectivity index (χ2v) is 6.44. The number of benzene rings is 1. The van der Waals surface area contributed by atoms with Gasteiger partial charge in [-0.1, -0.05) is 18.2 Å². The third-order valence-electron chi connectivity index (χ3n) is 4.61. The summed E-state index contributed by atoms with van der Waals surface area (Å²) in [6, 6.07) is 5.78. The lowest BCUT2D eigenvalue weighted by Gasteiger charge is -2.10. The Kier molecular flexibility index (Phi) is 4.97. The summed E-state index contributed by atoms with van der Waals surface area (Å²) in [6.07, 6.45) is 4.34. The molecule has 0 radical (unpaired) electrons. The van der Waals surface area contributed by atoms with E-state index in [0.29, 0.717) is 11.6 Å². The second kappa shape index (κ2) is 7.17. The number of nitrogens with one attached hydrogen (secondary N) is 1. The molecule has 0 bridgehead atoms. The summed E-state index contributed by atoms with van der Waals surface area (Å²) in [5.41, 5.74) is 2.44. The molecule has 0 saturated carbocycles. The Morgan fingerprint density at radius 1 is 1.48 bits per heavy atom. The summed E-state index contributed by atoms with van der Waals surface area (Å²) in [6.45, 7) is 3.76. The number of aromatic nitrogens is 2. The van der Waals surface area contributed by atoms with Crippen LogP contribution in [0.3, 0.4) is 0 Å². The van der Waals surface area contributed by atoms with Crippen molar-refractivity contribution in [3.05, 3.63) is 59.4 Å². The van der Waals surface area contributed by atoms with E-state index >= 15 is 0 Å². The lowest BCUT2D eigenvalue weighted by atomic mass is 10.0. The van der Waals surface area contributed by atoms with Crippen molar-refractivity contribution < 1.29 is 13.6 Å². The van der Waals surface area contributed by atoms with E-state index in [1.807, 2.05) is 18.2 Å². The molecule has 6 heteroatoms. The zero-order chi connectivity index (χ0) is 18.0. The first-order valence-corrected chi connectivity index (χ1v) is 8.34. The number of carbonyl (C=O) groups is 1. The van der Waals surface area contributed by atoms with E-state index in [4.69, 9.17) is 0 Å². The molecule has 1 N–H and O–H groups in total. The fraction of sp³-hybridized carbons (Fsp3) is 0.368. The van der Waals surface area contributed by atoms with Gasteiger partial charge in [0.1, 0.15) is 5.69 Å². The Morgan fingerprint density at radius 2 is 2.28 bits per heavy atom. The molecule has 0 aliphatic heterocycles. The molecule has 1 aliphatic carbocycles. The molecule has 1 aliphatic rings. The van der Waals surface area contributed by atoms with Crippen molar-refractivity contribution in [1.29, 1.82) is 0 Å². The van der Waals surface area contributed by atoms with Crippen LogP contribution in [0.4, 0.5) is 14.5 Å². The van der Waals surface area contributed by atoms with Crippen molar-refractivity contribution in [1.82, 2.24) is 9.78 Å². The fourth-order valence-electron chi connectivity index (χ4n) is 3.45. The van der Waals surface area contributed by atoms with Crippen molar-refractivity contribution in [2.75, 3.05) is 5.32 Å². The monoisotopic (exact) mass is 345 g/mol.